The van der Waals surface area contributed by atoms with Crippen molar-refractivity contribution in [2.75, 3.05) is 7.11 Å². The average Bonchev–Trinajstić information content (AvgIpc) is 2.02. The van der Waals surface area contributed by atoms with Gasteiger partial charge in [-0.2, -0.15) is 17.7 Å². The lowest BCUT2D eigenvalue weighted by Crippen LogP contribution is -2.31. The van der Waals surface area contributed by atoms with Gasteiger partial charge in [-0.1, -0.05) is 0 Å². The second-order valence-corrected chi connectivity index (χ2v) is 2.57. The van der Waals surface area contributed by atoms with Crippen molar-refractivity contribution in [2.24, 2.45) is 7.05 Å². The van der Waals surface area contributed by atoms with Gasteiger partial charge in [0.15, 0.2) is 6.20 Å². The van der Waals surface area contributed by atoms with E-state index in [-0.39, 0.29) is 0 Å². The molecule has 1 aromatic heterocycles. The molecule has 5 heteroatoms. The van der Waals surface area contributed by atoms with Gasteiger partial charge >= 0.3 is 12.1 Å². The van der Waals surface area contributed by atoms with Crippen LogP contribution >= 0.6 is 0 Å². The Labute approximate surface area is 73.6 Å². The molecule has 0 spiro atoms. The summed E-state index contributed by atoms with van der Waals surface area (Å²) in [7, 11) is 2.90. The topological polar surface area (TPSA) is 13.1 Å². The first-order chi connectivity index (χ1) is 5.95. The zero-order valence-electron chi connectivity index (χ0n) is 7.22. The largest absolute Gasteiger partial charge is 0.448 e. The number of rotatable bonds is 1. The number of hydrogen-bond acceptors (Lipinski definition) is 1. The normalized spacial score (nSPS) is 11.5. The van der Waals surface area contributed by atoms with Crippen LogP contribution < -0.4 is 9.30 Å². The highest BCUT2D eigenvalue weighted by atomic mass is 19.4. The summed E-state index contributed by atoms with van der Waals surface area (Å²) in [5.74, 6) is 0.382. The van der Waals surface area contributed by atoms with Crippen LogP contribution in [-0.4, -0.2) is 7.11 Å². The molecule has 0 fully saturated rings. The molecule has 1 heterocycles. The maximum absolute atomic E-state index is 12.1. The molecule has 0 amide bonds. The first-order valence-electron chi connectivity index (χ1n) is 3.56. The molecular formula is C8H9F3NO+. The summed E-state index contributed by atoms with van der Waals surface area (Å²) in [6.45, 7) is 0. The molecule has 0 aromatic carbocycles. The zero-order valence-corrected chi connectivity index (χ0v) is 7.22. The third-order valence-electron chi connectivity index (χ3n) is 1.62. The second kappa shape index (κ2) is 3.24. The van der Waals surface area contributed by atoms with E-state index in [2.05, 4.69) is 0 Å². The van der Waals surface area contributed by atoms with Gasteiger partial charge in [0, 0.05) is 0 Å². The summed E-state index contributed by atoms with van der Waals surface area (Å²) in [5.41, 5.74) is -0.684. The number of hydrogen-bond donors (Lipinski definition) is 0. The zero-order chi connectivity index (χ0) is 10.1. The van der Waals surface area contributed by atoms with Gasteiger partial charge in [-0.25, -0.2) is 0 Å². The number of alkyl halides is 3. The monoisotopic (exact) mass is 192 g/mol. The fraction of sp³-hybridized carbons (Fsp3) is 0.375. The minimum absolute atomic E-state index is 0.382. The van der Waals surface area contributed by atoms with E-state index in [1.54, 1.807) is 0 Å². The molecule has 0 unspecified atom stereocenters. The number of halogens is 3. The molecule has 0 N–H and O–H groups in total. The van der Waals surface area contributed by atoms with Gasteiger partial charge in [0.25, 0.3) is 0 Å². The van der Waals surface area contributed by atoms with Crippen molar-refractivity contribution in [3.05, 3.63) is 23.9 Å². The molecular weight excluding hydrogens is 183 g/mol. The predicted octanol–water partition coefficient (Wildman–Crippen LogP) is 1.54. The van der Waals surface area contributed by atoms with Crippen molar-refractivity contribution in [1.82, 2.24) is 0 Å². The van der Waals surface area contributed by atoms with Crippen LogP contribution in [0.2, 0.25) is 0 Å². The molecule has 0 bridgehead atoms. The van der Waals surface area contributed by atoms with Gasteiger partial charge in [0.2, 0.25) is 0 Å². The van der Waals surface area contributed by atoms with Crippen LogP contribution in [0.5, 0.6) is 5.88 Å². The Morgan fingerprint density at radius 1 is 1.31 bits per heavy atom. The Morgan fingerprint density at radius 2 is 1.92 bits per heavy atom. The highest BCUT2D eigenvalue weighted by Crippen LogP contribution is 2.28. The maximum atomic E-state index is 12.1. The molecule has 0 aliphatic carbocycles. The summed E-state index contributed by atoms with van der Waals surface area (Å²) in [6, 6.07) is 2.27. The van der Waals surface area contributed by atoms with Crippen LogP contribution in [0.4, 0.5) is 13.2 Å². The summed E-state index contributed by atoms with van der Waals surface area (Å²) >= 11 is 0. The molecule has 0 aliphatic rings. The number of aryl methyl sites for hydroxylation is 1. The van der Waals surface area contributed by atoms with Crippen LogP contribution in [0.1, 0.15) is 5.56 Å². The number of methoxy groups -OCH3 is 1. The van der Waals surface area contributed by atoms with E-state index in [0.29, 0.717) is 5.88 Å². The number of ether oxygens (including phenoxy) is 1. The Bertz CT molecular complexity index is 309. The van der Waals surface area contributed by atoms with E-state index in [0.717, 1.165) is 12.3 Å². The molecule has 0 aliphatic heterocycles. The minimum Gasteiger partial charge on any atom is -0.448 e. The van der Waals surface area contributed by atoms with Crippen molar-refractivity contribution >= 4 is 0 Å². The summed E-state index contributed by atoms with van der Waals surface area (Å²) in [4.78, 5) is 0. The maximum Gasteiger partial charge on any atom is 0.422 e. The SMILES string of the molecule is COc1ccc(C(F)(F)F)c[n+]1C. The second-order valence-electron chi connectivity index (χ2n) is 2.57. The van der Waals surface area contributed by atoms with Crippen LogP contribution in [0.3, 0.4) is 0 Å². The Hall–Kier alpha value is -1.26. The van der Waals surface area contributed by atoms with Crippen molar-refractivity contribution < 1.29 is 22.5 Å². The predicted molar refractivity (Wildman–Crippen MR) is 39.2 cm³/mol. The van der Waals surface area contributed by atoms with Gasteiger partial charge < -0.3 is 4.74 Å². The first kappa shape index (κ1) is 9.83. The fourth-order valence-corrected chi connectivity index (χ4v) is 0.974. The van der Waals surface area contributed by atoms with Gasteiger partial charge in [-0.15, -0.1) is 0 Å². The van der Waals surface area contributed by atoms with Crippen LogP contribution in [0.25, 0.3) is 0 Å². The number of pyridine rings is 1. The molecule has 0 radical (unpaired) electrons. The molecule has 13 heavy (non-hydrogen) atoms. The summed E-state index contributed by atoms with van der Waals surface area (Å²) in [6.07, 6.45) is -3.32. The molecule has 0 saturated carbocycles. The summed E-state index contributed by atoms with van der Waals surface area (Å²) < 4.78 is 42.5. The Kier molecular flexibility index (Phi) is 2.45. The molecule has 0 atom stereocenters. The van der Waals surface area contributed by atoms with Crippen LogP contribution in [0, 0.1) is 0 Å². The van der Waals surface area contributed by atoms with Gasteiger partial charge in [-0.05, 0) is 6.07 Å². The van der Waals surface area contributed by atoms with Gasteiger partial charge in [0.05, 0.1) is 13.2 Å². The molecule has 72 valence electrons. The lowest BCUT2D eigenvalue weighted by Gasteiger charge is -2.04. The molecule has 2 nitrogen and oxygen atoms in total. The summed E-state index contributed by atoms with van der Waals surface area (Å²) in [5, 5.41) is 0. The fourth-order valence-electron chi connectivity index (χ4n) is 0.974. The van der Waals surface area contributed by atoms with E-state index in [4.69, 9.17) is 4.74 Å². The van der Waals surface area contributed by atoms with Crippen molar-refractivity contribution in [2.45, 2.75) is 6.18 Å². The average molecular weight is 192 g/mol. The van der Waals surface area contributed by atoms with Crippen molar-refractivity contribution in [3.63, 3.8) is 0 Å². The van der Waals surface area contributed by atoms with E-state index in [1.165, 1.54) is 24.8 Å². The quantitative estimate of drug-likeness (QED) is 0.615. The highest BCUT2D eigenvalue weighted by molar-refractivity contribution is 5.15. The molecule has 1 aromatic rings. The van der Waals surface area contributed by atoms with Crippen LogP contribution in [-0.2, 0) is 13.2 Å². The Morgan fingerprint density at radius 3 is 2.31 bits per heavy atom. The van der Waals surface area contributed by atoms with E-state index in [1.807, 2.05) is 0 Å². The van der Waals surface area contributed by atoms with E-state index < -0.39 is 11.7 Å². The van der Waals surface area contributed by atoms with Gasteiger partial charge in [0.1, 0.15) is 12.6 Å². The standard InChI is InChI=1S/C8H9F3NO/c1-12-5-6(8(9,10)11)3-4-7(12)13-2/h3-5H,1-2H3/q+1. The van der Waals surface area contributed by atoms with E-state index >= 15 is 0 Å². The number of nitrogens with zero attached hydrogens (tertiary/aromatic N) is 1. The van der Waals surface area contributed by atoms with E-state index in [9.17, 15) is 13.2 Å². The third-order valence-corrected chi connectivity index (χ3v) is 1.62. The minimum atomic E-state index is -4.30. The van der Waals surface area contributed by atoms with Gasteiger partial charge in [-0.3, -0.25) is 0 Å². The third kappa shape index (κ3) is 2.11. The Balaban J connectivity index is 3.10. The smallest absolute Gasteiger partial charge is 0.422 e. The molecule has 0 saturated heterocycles. The molecule has 1 rings (SSSR count). The highest BCUT2D eigenvalue weighted by Gasteiger charge is 2.33. The van der Waals surface area contributed by atoms with Crippen molar-refractivity contribution in [3.8, 4) is 5.88 Å². The first-order valence-corrected chi connectivity index (χ1v) is 3.56. The van der Waals surface area contributed by atoms with Crippen molar-refractivity contribution in [1.29, 1.82) is 0 Å². The lowest BCUT2D eigenvalue weighted by molar-refractivity contribution is -0.677. The lowest BCUT2D eigenvalue weighted by atomic mass is 10.3. The number of aromatic nitrogens is 1. The van der Waals surface area contributed by atoms with Crippen LogP contribution in [0.15, 0.2) is 18.3 Å².